The van der Waals surface area contributed by atoms with Gasteiger partial charge in [0.1, 0.15) is 5.41 Å². The minimum atomic E-state index is -1.15. The van der Waals surface area contributed by atoms with Crippen LogP contribution in [-0.4, -0.2) is 45.3 Å². The van der Waals surface area contributed by atoms with Crippen molar-refractivity contribution in [3.05, 3.63) is 0 Å². The van der Waals surface area contributed by atoms with Gasteiger partial charge in [-0.05, 0) is 50.4 Å². The van der Waals surface area contributed by atoms with Gasteiger partial charge in [0.15, 0.2) is 0 Å². The van der Waals surface area contributed by atoms with E-state index in [0.717, 1.165) is 38.5 Å². The number of amides is 2. The molecular weight excluding hydrogens is 440 g/mol. The molecular formula is C29H56N2O4. The first kappa shape index (κ1) is 31.9. The highest BCUT2D eigenvalue weighted by Gasteiger charge is 2.52. The average molecular weight is 497 g/mol. The normalized spacial score (nSPS) is 18.1. The lowest BCUT2D eigenvalue weighted by molar-refractivity contribution is -0.148. The minimum Gasteiger partial charge on any atom is -0.388 e. The summed E-state index contributed by atoms with van der Waals surface area (Å²) >= 11 is 0. The monoisotopic (exact) mass is 496 g/mol. The molecule has 1 aliphatic rings. The smallest absolute Gasteiger partial charge is 0.236 e. The van der Waals surface area contributed by atoms with Crippen LogP contribution in [0.25, 0.3) is 0 Å². The maximum absolute atomic E-state index is 13.9. The molecule has 1 saturated carbocycles. The largest absolute Gasteiger partial charge is 0.388 e. The van der Waals surface area contributed by atoms with Crippen LogP contribution in [0.2, 0.25) is 0 Å². The number of hydrogen-bond acceptors (Lipinski definition) is 4. The molecule has 0 spiro atoms. The molecule has 0 aromatic carbocycles. The van der Waals surface area contributed by atoms with Gasteiger partial charge in [-0.25, -0.2) is 0 Å². The Hall–Kier alpha value is -1.14. The van der Waals surface area contributed by atoms with Gasteiger partial charge < -0.3 is 20.8 Å². The van der Waals surface area contributed by atoms with Gasteiger partial charge in [0.2, 0.25) is 11.8 Å². The van der Waals surface area contributed by atoms with Crippen molar-refractivity contribution in [3.63, 3.8) is 0 Å². The van der Waals surface area contributed by atoms with Crippen LogP contribution in [0.4, 0.5) is 0 Å². The molecule has 0 bridgehead atoms. The third-order valence-electron chi connectivity index (χ3n) is 8.12. The molecule has 0 aromatic rings. The van der Waals surface area contributed by atoms with E-state index in [-0.39, 0.29) is 23.7 Å². The molecule has 206 valence electrons. The first-order valence-corrected chi connectivity index (χ1v) is 14.4. The summed E-state index contributed by atoms with van der Waals surface area (Å²) in [7, 11) is 0. The van der Waals surface area contributed by atoms with Crippen LogP contribution < -0.4 is 10.6 Å². The van der Waals surface area contributed by atoms with E-state index < -0.39 is 28.7 Å². The molecule has 4 N–H and O–H groups in total. The quantitative estimate of drug-likeness (QED) is 0.212. The topological polar surface area (TPSA) is 98.7 Å². The lowest BCUT2D eigenvalue weighted by Gasteiger charge is -2.43. The van der Waals surface area contributed by atoms with Crippen molar-refractivity contribution in [3.8, 4) is 0 Å². The van der Waals surface area contributed by atoms with Crippen LogP contribution in [0.15, 0.2) is 0 Å². The summed E-state index contributed by atoms with van der Waals surface area (Å²) in [6, 6.07) is -0.837. The first-order valence-electron chi connectivity index (χ1n) is 14.4. The summed E-state index contributed by atoms with van der Waals surface area (Å²) in [6.07, 6.45) is 8.38. The summed E-state index contributed by atoms with van der Waals surface area (Å²) in [5, 5.41) is 29.4. The Morgan fingerprint density at radius 3 is 1.20 bits per heavy atom. The maximum atomic E-state index is 13.9. The number of aliphatic hydroxyl groups is 2. The summed E-state index contributed by atoms with van der Waals surface area (Å²) in [5.74, 6) is -0.472. The fraction of sp³-hybridized carbons (Fsp3) is 0.931. The number of nitrogens with one attached hydrogen (secondary N) is 2. The van der Waals surface area contributed by atoms with E-state index in [0.29, 0.717) is 38.5 Å². The number of rotatable bonds is 16. The van der Waals surface area contributed by atoms with Crippen molar-refractivity contribution in [2.45, 2.75) is 156 Å². The summed E-state index contributed by atoms with van der Waals surface area (Å²) < 4.78 is 0. The third kappa shape index (κ3) is 7.67. The molecule has 1 rings (SSSR count). The number of hydrogen-bond donors (Lipinski definition) is 4. The van der Waals surface area contributed by atoms with E-state index in [9.17, 15) is 19.8 Å². The van der Waals surface area contributed by atoms with Gasteiger partial charge in [-0.2, -0.15) is 0 Å². The molecule has 0 radical (unpaired) electrons. The SMILES string of the molecule is CCCC(O)(CCC)[C@H](NC(=O)C1(C(=O)N[C@H](C(C)C)C(O)(CCC)CCC)CCCC1)C(C)C. The molecule has 1 aliphatic carbocycles. The van der Waals surface area contributed by atoms with Crippen molar-refractivity contribution >= 4 is 11.8 Å². The maximum Gasteiger partial charge on any atom is 0.236 e. The Kier molecular flexibility index (Phi) is 12.7. The highest BCUT2D eigenvalue weighted by atomic mass is 16.3. The van der Waals surface area contributed by atoms with Crippen molar-refractivity contribution in [1.82, 2.24) is 10.6 Å². The fourth-order valence-electron chi connectivity index (χ4n) is 6.54. The Morgan fingerprint density at radius 1 is 0.686 bits per heavy atom. The van der Waals surface area contributed by atoms with Gasteiger partial charge in [0.25, 0.3) is 0 Å². The molecule has 1 fully saturated rings. The van der Waals surface area contributed by atoms with Crippen molar-refractivity contribution < 1.29 is 19.8 Å². The van der Waals surface area contributed by atoms with E-state index >= 15 is 0 Å². The van der Waals surface area contributed by atoms with Gasteiger partial charge in [0, 0.05) is 0 Å². The standard InChI is InChI=1S/C29H56N2O4/c1-9-15-28(34,16-10-2)23(21(5)6)30-25(32)27(19-13-14-20-27)26(33)31-24(22(7)8)29(35,17-11-3)18-12-4/h21-24,34-35H,9-20H2,1-8H3,(H,30,32)(H,31,33)/t23-,24-/m1/s1. The van der Waals surface area contributed by atoms with Crippen LogP contribution in [0.5, 0.6) is 0 Å². The molecule has 0 unspecified atom stereocenters. The molecule has 2 atom stereocenters. The van der Waals surface area contributed by atoms with Crippen molar-refractivity contribution in [1.29, 1.82) is 0 Å². The lowest BCUT2D eigenvalue weighted by atomic mass is 9.76. The van der Waals surface area contributed by atoms with E-state index in [2.05, 4.69) is 10.6 Å². The fourth-order valence-corrected chi connectivity index (χ4v) is 6.54. The Morgan fingerprint density at radius 2 is 0.971 bits per heavy atom. The van der Waals surface area contributed by atoms with E-state index in [1.165, 1.54) is 0 Å². The van der Waals surface area contributed by atoms with Gasteiger partial charge in [-0.1, -0.05) is 93.9 Å². The zero-order valence-corrected chi connectivity index (χ0v) is 24.0. The molecule has 6 heteroatoms. The van der Waals surface area contributed by atoms with Gasteiger partial charge in [0.05, 0.1) is 23.3 Å². The van der Waals surface area contributed by atoms with E-state index in [4.69, 9.17) is 0 Å². The first-order chi connectivity index (χ1) is 16.4. The highest BCUT2D eigenvalue weighted by Crippen LogP contribution is 2.41. The highest BCUT2D eigenvalue weighted by molar-refractivity contribution is 6.05. The van der Waals surface area contributed by atoms with Crippen LogP contribution in [0.1, 0.15) is 132 Å². The van der Waals surface area contributed by atoms with Crippen molar-refractivity contribution in [2.24, 2.45) is 17.3 Å². The second-order valence-corrected chi connectivity index (χ2v) is 11.9. The van der Waals surface area contributed by atoms with Crippen molar-refractivity contribution in [2.75, 3.05) is 0 Å². The lowest BCUT2D eigenvalue weighted by Crippen LogP contribution is -2.63. The van der Waals surface area contributed by atoms with Gasteiger partial charge >= 0.3 is 0 Å². The Labute approximate surface area is 215 Å². The summed E-state index contributed by atoms with van der Waals surface area (Å²) in [6.45, 7) is 16.3. The molecule has 0 saturated heterocycles. The third-order valence-corrected chi connectivity index (χ3v) is 8.12. The van der Waals surface area contributed by atoms with Gasteiger partial charge in [-0.3, -0.25) is 9.59 Å². The van der Waals surface area contributed by atoms with E-state index in [1.807, 2.05) is 55.4 Å². The second-order valence-electron chi connectivity index (χ2n) is 11.9. The zero-order chi connectivity index (χ0) is 26.9. The Bertz CT molecular complexity index is 593. The van der Waals surface area contributed by atoms with E-state index in [1.54, 1.807) is 0 Å². The van der Waals surface area contributed by atoms with Crippen LogP contribution in [0.3, 0.4) is 0 Å². The Balaban J connectivity index is 3.29. The summed E-state index contributed by atoms with van der Waals surface area (Å²) in [5.41, 5.74) is -3.14. The summed E-state index contributed by atoms with van der Waals surface area (Å²) in [4.78, 5) is 27.8. The molecule has 35 heavy (non-hydrogen) atoms. The predicted octanol–water partition coefficient (Wildman–Crippen LogP) is 5.49. The molecule has 2 amide bonds. The predicted molar refractivity (Wildman–Crippen MR) is 144 cm³/mol. The zero-order valence-electron chi connectivity index (χ0n) is 24.0. The molecule has 6 nitrogen and oxygen atoms in total. The van der Waals surface area contributed by atoms with Crippen LogP contribution >= 0.6 is 0 Å². The van der Waals surface area contributed by atoms with Crippen LogP contribution in [-0.2, 0) is 9.59 Å². The minimum absolute atomic E-state index is 0.0335. The average Bonchev–Trinajstić information content (AvgIpc) is 3.27. The van der Waals surface area contributed by atoms with Gasteiger partial charge in [-0.15, -0.1) is 0 Å². The van der Waals surface area contributed by atoms with Crippen LogP contribution in [0, 0.1) is 17.3 Å². The number of carbonyl (C=O) groups is 2. The molecule has 0 aliphatic heterocycles. The molecule has 0 heterocycles. The number of carbonyl (C=O) groups excluding carboxylic acids is 2. The second kappa shape index (κ2) is 14.0. The molecule has 0 aromatic heterocycles.